The number of anilines is 1. The lowest BCUT2D eigenvalue weighted by atomic mass is 10.0. The minimum Gasteiger partial charge on any atom is -0.398 e. The molecule has 0 heterocycles. The highest BCUT2D eigenvalue weighted by Gasteiger charge is 2.16. The van der Waals surface area contributed by atoms with Crippen molar-refractivity contribution >= 4 is 23.4 Å². The van der Waals surface area contributed by atoms with E-state index in [1.54, 1.807) is 12.1 Å². The summed E-state index contributed by atoms with van der Waals surface area (Å²) in [5, 5.41) is 0.672. The van der Waals surface area contributed by atoms with E-state index in [0.717, 1.165) is 4.90 Å². The van der Waals surface area contributed by atoms with Crippen molar-refractivity contribution in [3.63, 3.8) is 0 Å². The Morgan fingerprint density at radius 1 is 1.24 bits per heavy atom. The molecule has 1 aromatic carbocycles. The van der Waals surface area contributed by atoms with Gasteiger partial charge in [-0.3, -0.25) is 4.79 Å². The van der Waals surface area contributed by atoms with Gasteiger partial charge in [0.1, 0.15) is 0 Å². The van der Waals surface area contributed by atoms with Crippen molar-refractivity contribution < 1.29 is 4.79 Å². The zero-order valence-corrected chi connectivity index (χ0v) is 10.6. The van der Waals surface area contributed by atoms with Gasteiger partial charge in [-0.2, -0.15) is 0 Å². The molecule has 3 nitrogen and oxygen atoms in total. The molecule has 4 heteroatoms. The maximum absolute atomic E-state index is 11.0. The standard InChI is InChI=1S/C13H18N2OS/c14-11-8-9(13(15)16)6-7-12(11)17-10-4-2-1-3-5-10/h6-8,10H,1-5,14H2,(H2,15,16). The van der Waals surface area contributed by atoms with Crippen LogP contribution in [0.4, 0.5) is 5.69 Å². The highest BCUT2D eigenvalue weighted by molar-refractivity contribution is 8.00. The average Bonchev–Trinajstić information content (AvgIpc) is 2.33. The summed E-state index contributed by atoms with van der Waals surface area (Å²) in [6, 6.07) is 5.34. The van der Waals surface area contributed by atoms with Gasteiger partial charge in [-0.05, 0) is 31.0 Å². The average molecular weight is 250 g/mol. The van der Waals surface area contributed by atoms with E-state index in [-0.39, 0.29) is 0 Å². The zero-order valence-electron chi connectivity index (χ0n) is 9.82. The molecule has 1 aliphatic rings. The summed E-state index contributed by atoms with van der Waals surface area (Å²) < 4.78 is 0. The van der Waals surface area contributed by atoms with Crippen molar-refractivity contribution in [2.45, 2.75) is 42.2 Å². The van der Waals surface area contributed by atoms with E-state index in [1.807, 2.05) is 17.8 Å². The number of thioether (sulfide) groups is 1. The molecular weight excluding hydrogens is 232 g/mol. The Bertz CT molecular complexity index is 414. The van der Waals surface area contributed by atoms with Crippen molar-refractivity contribution in [1.29, 1.82) is 0 Å². The number of benzene rings is 1. The molecular formula is C13H18N2OS. The van der Waals surface area contributed by atoms with Gasteiger partial charge in [-0.1, -0.05) is 19.3 Å². The molecule has 2 rings (SSSR count). The number of rotatable bonds is 3. The number of primary amides is 1. The lowest BCUT2D eigenvalue weighted by molar-refractivity contribution is 0.100. The fourth-order valence-corrected chi connectivity index (χ4v) is 3.44. The third-order valence-electron chi connectivity index (χ3n) is 3.14. The SMILES string of the molecule is NC(=O)c1ccc(SC2CCCCC2)c(N)c1. The topological polar surface area (TPSA) is 69.1 Å². The predicted octanol–water partition coefficient (Wildman–Crippen LogP) is 2.79. The summed E-state index contributed by atoms with van der Waals surface area (Å²) in [7, 11) is 0. The summed E-state index contributed by atoms with van der Waals surface area (Å²) in [5.74, 6) is -0.425. The lowest BCUT2D eigenvalue weighted by Crippen LogP contribution is -2.12. The number of carbonyl (C=O) groups excluding carboxylic acids is 1. The molecule has 0 spiro atoms. The third kappa shape index (κ3) is 3.16. The first kappa shape index (κ1) is 12.3. The van der Waals surface area contributed by atoms with E-state index in [9.17, 15) is 4.79 Å². The van der Waals surface area contributed by atoms with Gasteiger partial charge < -0.3 is 11.5 Å². The second-order valence-electron chi connectivity index (χ2n) is 4.49. The van der Waals surface area contributed by atoms with E-state index in [0.29, 0.717) is 16.5 Å². The zero-order chi connectivity index (χ0) is 12.3. The van der Waals surface area contributed by atoms with Crippen molar-refractivity contribution in [2.75, 3.05) is 5.73 Å². The molecule has 0 unspecified atom stereocenters. The van der Waals surface area contributed by atoms with Gasteiger partial charge in [0.2, 0.25) is 5.91 Å². The number of hydrogen-bond donors (Lipinski definition) is 2. The molecule has 0 atom stereocenters. The smallest absolute Gasteiger partial charge is 0.248 e. The fourth-order valence-electron chi connectivity index (χ4n) is 2.17. The van der Waals surface area contributed by atoms with E-state index in [2.05, 4.69) is 0 Å². The largest absolute Gasteiger partial charge is 0.398 e. The molecule has 4 N–H and O–H groups in total. The van der Waals surface area contributed by atoms with E-state index >= 15 is 0 Å². The molecule has 1 saturated carbocycles. The molecule has 17 heavy (non-hydrogen) atoms. The van der Waals surface area contributed by atoms with E-state index in [4.69, 9.17) is 11.5 Å². The van der Waals surface area contributed by atoms with Gasteiger partial charge in [-0.25, -0.2) is 0 Å². The number of nitrogen functional groups attached to an aromatic ring is 1. The second-order valence-corrected chi connectivity index (χ2v) is 5.84. The first-order valence-corrected chi connectivity index (χ1v) is 6.91. The highest BCUT2D eigenvalue weighted by atomic mass is 32.2. The van der Waals surface area contributed by atoms with Crippen LogP contribution in [-0.4, -0.2) is 11.2 Å². The fraction of sp³-hybridized carbons (Fsp3) is 0.462. The Morgan fingerprint density at radius 3 is 2.53 bits per heavy atom. The van der Waals surface area contributed by atoms with Crippen LogP contribution in [0.3, 0.4) is 0 Å². The van der Waals surface area contributed by atoms with Crippen LogP contribution in [0.1, 0.15) is 42.5 Å². The Morgan fingerprint density at radius 2 is 1.94 bits per heavy atom. The second kappa shape index (κ2) is 5.45. The van der Waals surface area contributed by atoms with Crippen LogP contribution >= 0.6 is 11.8 Å². The summed E-state index contributed by atoms with van der Waals surface area (Å²) in [6.07, 6.45) is 6.52. The molecule has 1 aromatic rings. The van der Waals surface area contributed by atoms with Crippen LogP contribution in [0.2, 0.25) is 0 Å². The monoisotopic (exact) mass is 250 g/mol. The Hall–Kier alpha value is -1.16. The van der Waals surface area contributed by atoms with Gasteiger partial charge in [0.25, 0.3) is 0 Å². The normalized spacial score (nSPS) is 16.9. The summed E-state index contributed by atoms with van der Waals surface area (Å²) in [4.78, 5) is 12.1. The number of hydrogen-bond acceptors (Lipinski definition) is 3. The summed E-state index contributed by atoms with van der Waals surface area (Å²) in [5.41, 5.74) is 12.3. The summed E-state index contributed by atoms with van der Waals surface area (Å²) in [6.45, 7) is 0. The molecule has 0 saturated heterocycles. The van der Waals surface area contributed by atoms with Crippen LogP contribution < -0.4 is 11.5 Å². The minimum absolute atomic E-state index is 0.425. The minimum atomic E-state index is -0.425. The number of carbonyl (C=O) groups is 1. The quantitative estimate of drug-likeness (QED) is 0.810. The number of nitrogens with two attached hydrogens (primary N) is 2. The molecule has 1 amide bonds. The molecule has 0 aliphatic heterocycles. The first-order chi connectivity index (χ1) is 8.16. The molecule has 1 fully saturated rings. The Kier molecular flexibility index (Phi) is 3.94. The maximum Gasteiger partial charge on any atom is 0.248 e. The highest BCUT2D eigenvalue weighted by Crippen LogP contribution is 2.36. The van der Waals surface area contributed by atoms with Crippen molar-refractivity contribution in [3.05, 3.63) is 23.8 Å². The molecule has 1 aliphatic carbocycles. The van der Waals surface area contributed by atoms with Crippen molar-refractivity contribution in [2.24, 2.45) is 5.73 Å². The van der Waals surface area contributed by atoms with Gasteiger partial charge in [0.15, 0.2) is 0 Å². The maximum atomic E-state index is 11.0. The first-order valence-electron chi connectivity index (χ1n) is 6.03. The van der Waals surface area contributed by atoms with Gasteiger partial charge in [0.05, 0.1) is 0 Å². The van der Waals surface area contributed by atoms with Crippen LogP contribution in [0.15, 0.2) is 23.1 Å². The van der Waals surface area contributed by atoms with Crippen LogP contribution in [0.25, 0.3) is 0 Å². The summed E-state index contributed by atoms with van der Waals surface area (Å²) >= 11 is 1.83. The molecule has 92 valence electrons. The van der Waals surface area contributed by atoms with Gasteiger partial charge >= 0.3 is 0 Å². The van der Waals surface area contributed by atoms with Crippen molar-refractivity contribution in [1.82, 2.24) is 0 Å². The van der Waals surface area contributed by atoms with Crippen molar-refractivity contribution in [3.8, 4) is 0 Å². The van der Waals surface area contributed by atoms with E-state index in [1.165, 1.54) is 32.1 Å². The predicted molar refractivity (Wildman–Crippen MR) is 72.1 cm³/mol. The van der Waals surface area contributed by atoms with Crippen LogP contribution in [0.5, 0.6) is 0 Å². The molecule has 0 bridgehead atoms. The van der Waals surface area contributed by atoms with E-state index < -0.39 is 5.91 Å². The molecule has 0 radical (unpaired) electrons. The number of amides is 1. The Labute approximate surface area is 106 Å². The lowest BCUT2D eigenvalue weighted by Gasteiger charge is -2.21. The Balaban J connectivity index is 2.08. The van der Waals surface area contributed by atoms with Gasteiger partial charge in [0, 0.05) is 21.4 Å². The third-order valence-corrected chi connectivity index (χ3v) is 4.57. The van der Waals surface area contributed by atoms with Gasteiger partial charge in [-0.15, -0.1) is 11.8 Å². The van der Waals surface area contributed by atoms with Crippen LogP contribution in [-0.2, 0) is 0 Å². The van der Waals surface area contributed by atoms with Crippen LogP contribution in [0, 0.1) is 0 Å². The molecule has 0 aromatic heterocycles.